The maximum absolute atomic E-state index is 12.1. The predicted molar refractivity (Wildman–Crippen MR) is 127 cm³/mol. The SMILES string of the molecule is CN(C)C(=O)CN=C(NC1CCN(c2ncccn2)CC1)NC1CCc2ccccc2C1. The summed E-state index contributed by atoms with van der Waals surface area (Å²) in [5.41, 5.74) is 2.84. The molecule has 4 rings (SSSR count). The van der Waals surface area contributed by atoms with E-state index in [1.165, 1.54) is 11.1 Å². The van der Waals surface area contributed by atoms with E-state index in [0.717, 1.165) is 57.1 Å². The third-order valence-corrected chi connectivity index (χ3v) is 6.23. The van der Waals surface area contributed by atoms with Crippen molar-refractivity contribution in [2.45, 2.75) is 44.2 Å². The van der Waals surface area contributed by atoms with Crippen LogP contribution in [0, 0.1) is 0 Å². The van der Waals surface area contributed by atoms with Crippen molar-refractivity contribution in [3.63, 3.8) is 0 Å². The van der Waals surface area contributed by atoms with Crippen LogP contribution in [0.3, 0.4) is 0 Å². The first-order valence-electron chi connectivity index (χ1n) is 11.4. The summed E-state index contributed by atoms with van der Waals surface area (Å²) in [5.74, 6) is 1.52. The van der Waals surface area contributed by atoms with Crippen LogP contribution in [0.15, 0.2) is 47.7 Å². The first-order chi connectivity index (χ1) is 15.6. The van der Waals surface area contributed by atoms with Gasteiger partial charge in [-0.25, -0.2) is 15.0 Å². The minimum Gasteiger partial charge on any atom is -0.354 e. The molecule has 1 atom stereocenters. The van der Waals surface area contributed by atoms with Crippen molar-refractivity contribution in [3.05, 3.63) is 53.9 Å². The van der Waals surface area contributed by atoms with Gasteiger partial charge in [0.15, 0.2) is 5.96 Å². The first-order valence-corrected chi connectivity index (χ1v) is 11.4. The van der Waals surface area contributed by atoms with Crippen molar-refractivity contribution in [2.24, 2.45) is 4.99 Å². The van der Waals surface area contributed by atoms with Crippen LogP contribution in [-0.2, 0) is 17.6 Å². The number of fused-ring (bicyclic) bond motifs is 1. The monoisotopic (exact) mass is 435 g/mol. The Morgan fingerprint density at radius 3 is 2.44 bits per heavy atom. The van der Waals surface area contributed by atoms with Gasteiger partial charge < -0.3 is 20.4 Å². The van der Waals surface area contributed by atoms with Crippen molar-refractivity contribution < 1.29 is 4.79 Å². The van der Waals surface area contributed by atoms with E-state index in [1.807, 2.05) is 6.07 Å². The van der Waals surface area contributed by atoms with Gasteiger partial charge in [-0.1, -0.05) is 24.3 Å². The number of likely N-dealkylation sites (N-methyl/N-ethyl adjacent to an activating group) is 1. The summed E-state index contributed by atoms with van der Waals surface area (Å²) in [6.45, 7) is 1.92. The quantitative estimate of drug-likeness (QED) is 0.548. The number of carbonyl (C=O) groups excluding carboxylic acids is 1. The van der Waals surface area contributed by atoms with Crippen LogP contribution >= 0.6 is 0 Å². The van der Waals surface area contributed by atoms with Crippen LogP contribution in [0.4, 0.5) is 5.95 Å². The molecular weight excluding hydrogens is 402 g/mol. The number of amides is 1. The lowest BCUT2D eigenvalue weighted by atomic mass is 9.88. The molecule has 1 aromatic carbocycles. The molecule has 1 aromatic heterocycles. The van der Waals surface area contributed by atoms with Gasteiger partial charge in [-0.3, -0.25) is 4.79 Å². The third kappa shape index (κ3) is 5.75. The fraction of sp³-hybridized carbons (Fsp3) is 0.500. The zero-order valence-electron chi connectivity index (χ0n) is 19.0. The lowest BCUT2D eigenvalue weighted by Gasteiger charge is -2.34. The molecule has 170 valence electrons. The molecule has 0 radical (unpaired) electrons. The summed E-state index contributed by atoms with van der Waals surface area (Å²) in [5, 5.41) is 7.21. The second kappa shape index (κ2) is 10.4. The number of rotatable bonds is 5. The number of carbonyl (C=O) groups is 1. The highest BCUT2D eigenvalue weighted by molar-refractivity contribution is 5.85. The number of anilines is 1. The number of aliphatic imine (C=N–C) groups is 1. The fourth-order valence-corrected chi connectivity index (χ4v) is 4.31. The Kier molecular flexibility index (Phi) is 7.19. The van der Waals surface area contributed by atoms with E-state index >= 15 is 0 Å². The van der Waals surface area contributed by atoms with Crippen molar-refractivity contribution >= 4 is 17.8 Å². The Balaban J connectivity index is 1.38. The van der Waals surface area contributed by atoms with Gasteiger partial charge in [0.2, 0.25) is 11.9 Å². The average Bonchev–Trinajstić information content (AvgIpc) is 2.83. The number of nitrogens with zero attached hydrogens (tertiary/aromatic N) is 5. The molecule has 2 heterocycles. The number of hydrogen-bond donors (Lipinski definition) is 2. The fourth-order valence-electron chi connectivity index (χ4n) is 4.31. The van der Waals surface area contributed by atoms with Gasteiger partial charge in [0.05, 0.1) is 0 Å². The zero-order valence-corrected chi connectivity index (χ0v) is 19.0. The Morgan fingerprint density at radius 1 is 1.03 bits per heavy atom. The van der Waals surface area contributed by atoms with Gasteiger partial charge in [-0.15, -0.1) is 0 Å². The molecule has 32 heavy (non-hydrogen) atoms. The summed E-state index contributed by atoms with van der Waals surface area (Å²) in [4.78, 5) is 29.3. The predicted octanol–water partition coefficient (Wildman–Crippen LogP) is 1.63. The van der Waals surface area contributed by atoms with Gasteiger partial charge in [-0.2, -0.15) is 0 Å². The number of aryl methyl sites for hydroxylation is 1. The molecule has 0 saturated carbocycles. The molecular formula is C24H33N7O. The molecule has 8 heteroatoms. The maximum Gasteiger partial charge on any atom is 0.243 e. The Hall–Kier alpha value is -3.16. The highest BCUT2D eigenvalue weighted by Crippen LogP contribution is 2.21. The largest absolute Gasteiger partial charge is 0.354 e. The van der Waals surface area contributed by atoms with E-state index in [9.17, 15) is 4.79 Å². The van der Waals surface area contributed by atoms with Crippen molar-refractivity contribution in [3.8, 4) is 0 Å². The second-order valence-corrected chi connectivity index (χ2v) is 8.76. The second-order valence-electron chi connectivity index (χ2n) is 8.76. The van der Waals surface area contributed by atoms with E-state index in [0.29, 0.717) is 12.1 Å². The molecule has 1 saturated heterocycles. The number of guanidine groups is 1. The smallest absolute Gasteiger partial charge is 0.243 e. The molecule has 1 aliphatic carbocycles. The van der Waals surface area contributed by atoms with Gasteiger partial charge in [0.25, 0.3) is 0 Å². The highest BCUT2D eigenvalue weighted by atomic mass is 16.2. The minimum absolute atomic E-state index is 0.00358. The molecule has 0 spiro atoms. The lowest BCUT2D eigenvalue weighted by Crippen LogP contribution is -2.52. The van der Waals surface area contributed by atoms with Crippen LogP contribution in [0.25, 0.3) is 0 Å². The van der Waals surface area contributed by atoms with Crippen LogP contribution in [0.1, 0.15) is 30.4 Å². The van der Waals surface area contributed by atoms with Crippen LogP contribution in [0.5, 0.6) is 0 Å². The summed E-state index contributed by atoms with van der Waals surface area (Å²) in [7, 11) is 3.52. The molecule has 1 unspecified atom stereocenters. The Morgan fingerprint density at radius 2 is 1.72 bits per heavy atom. The van der Waals surface area contributed by atoms with E-state index < -0.39 is 0 Å². The van der Waals surface area contributed by atoms with Crippen molar-refractivity contribution in [2.75, 3.05) is 38.6 Å². The zero-order chi connectivity index (χ0) is 22.3. The molecule has 2 N–H and O–H groups in total. The number of nitrogens with one attached hydrogen (secondary N) is 2. The minimum atomic E-state index is -0.00358. The topological polar surface area (TPSA) is 85.8 Å². The molecule has 0 bridgehead atoms. The number of piperidine rings is 1. The summed E-state index contributed by atoms with van der Waals surface area (Å²) in [6, 6.07) is 11.1. The third-order valence-electron chi connectivity index (χ3n) is 6.23. The molecule has 1 aliphatic heterocycles. The molecule has 8 nitrogen and oxygen atoms in total. The van der Waals surface area contributed by atoms with Crippen molar-refractivity contribution in [1.29, 1.82) is 0 Å². The van der Waals surface area contributed by atoms with Gasteiger partial charge in [0, 0.05) is 51.7 Å². The summed E-state index contributed by atoms with van der Waals surface area (Å²) >= 11 is 0. The Bertz CT molecular complexity index is 923. The van der Waals surface area contributed by atoms with Gasteiger partial charge in [0.1, 0.15) is 6.54 Å². The normalized spacial score (nSPS) is 19.2. The van der Waals surface area contributed by atoms with Gasteiger partial charge >= 0.3 is 0 Å². The van der Waals surface area contributed by atoms with E-state index in [2.05, 4.69) is 54.8 Å². The molecule has 2 aliphatic rings. The van der Waals surface area contributed by atoms with Crippen molar-refractivity contribution in [1.82, 2.24) is 25.5 Å². The van der Waals surface area contributed by atoms with Crippen LogP contribution in [0.2, 0.25) is 0 Å². The highest BCUT2D eigenvalue weighted by Gasteiger charge is 2.24. The number of hydrogen-bond acceptors (Lipinski definition) is 5. The van der Waals surface area contributed by atoms with Crippen LogP contribution in [-0.4, -0.2) is 72.5 Å². The average molecular weight is 436 g/mol. The molecule has 2 aromatic rings. The number of aromatic nitrogens is 2. The van der Waals surface area contributed by atoms with E-state index in [4.69, 9.17) is 0 Å². The molecule has 1 fully saturated rings. The summed E-state index contributed by atoms with van der Waals surface area (Å²) in [6.07, 6.45) is 8.59. The summed E-state index contributed by atoms with van der Waals surface area (Å²) < 4.78 is 0. The number of benzene rings is 1. The van der Waals surface area contributed by atoms with Gasteiger partial charge in [-0.05, 0) is 49.3 Å². The van der Waals surface area contributed by atoms with Crippen LogP contribution < -0.4 is 15.5 Å². The van der Waals surface area contributed by atoms with E-state index in [1.54, 1.807) is 31.4 Å². The van der Waals surface area contributed by atoms with E-state index in [-0.39, 0.29) is 12.5 Å². The lowest BCUT2D eigenvalue weighted by molar-refractivity contribution is -0.127. The first kappa shape index (κ1) is 22.0. The standard InChI is InChI=1S/C24H33N7O/c1-30(2)22(32)17-27-23(29-21-9-8-18-6-3-4-7-19(18)16-21)28-20-10-14-31(15-11-20)24-25-12-5-13-26-24/h3-7,12-13,20-21H,8-11,14-17H2,1-2H3,(H2,27,28,29). The molecule has 1 amide bonds. The Labute approximate surface area is 190 Å². The maximum atomic E-state index is 12.1.